The predicted octanol–water partition coefficient (Wildman–Crippen LogP) is 3.27. The van der Waals surface area contributed by atoms with E-state index in [9.17, 15) is 4.79 Å². The van der Waals surface area contributed by atoms with E-state index in [1.165, 1.54) is 11.3 Å². The van der Waals surface area contributed by atoms with Crippen LogP contribution < -0.4 is 0 Å². The second-order valence-corrected chi connectivity index (χ2v) is 6.42. The second kappa shape index (κ2) is 6.06. The van der Waals surface area contributed by atoms with Gasteiger partial charge in [0.05, 0.1) is 5.56 Å². The number of nitrogens with zero attached hydrogens (tertiary/aromatic N) is 1. The van der Waals surface area contributed by atoms with Crippen molar-refractivity contribution in [3.8, 4) is 0 Å². The minimum absolute atomic E-state index is 0.231. The van der Waals surface area contributed by atoms with E-state index in [0.29, 0.717) is 5.92 Å². The molecule has 1 aromatic rings. The number of likely N-dealkylation sites (tertiary alicyclic amines) is 1. The molecule has 2 saturated heterocycles. The first-order valence-corrected chi connectivity index (χ1v) is 8.18. The fraction of sp³-hybridized carbons (Fsp3) is 0.667. The molecule has 4 heteroatoms. The van der Waals surface area contributed by atoms with Crippen molar-refractivity contribution in [2.24, 2.45) is 0 Å². The Morgan fingerprint density at radius 3 is 2.68 bits per heavy atom. The molecule has 0 atom stereocenters. The summed E-state index contributed by atoms with van der Waals surface area (Å²) in [6.45, 7) is 3.58. The number of carbonyl (C=O) groups excluding carboxylic acids is 1. The van der Waals surface area contributed by atoms with Crippen LogP contribution in [0.1, 0.15) is 53.3 Å². The molecule has 2 aliphatic rings. The number of thiophene rings is 1. The first-order valence-electron chi connectivity index (χ1n) is 7.30. The lowest BCUT2D eigenvalue weighted by atomic mass is 9.98. The van der Waals surface area contributed by atoms with E-state index in [1.54, 1.807) is 11.3 Å². The first-order chi connectivity index (χ1) is 9.34. The van der Waals surface area contributed by atoms with Crippen molar-refractivity contribution in [2.75, 3.05) is 26.3 Å². The number of piperidine rings is 1. The summed E-state index contributed by atoms with van der Waals surface area (Å²) < 4.78 is 5.40. The SMILES string of the molecule is O=C(c1csc(C2CCOCC2)c1)N1CCCCC1. The van der Waals surface area contributed by atoms with Crippen molar-refractivity contribution in [3.05, 3.63) is 21.9 Å². The van der Waals surface area contributed by atoms with Gasteiger partial charge in [0.2, 0.25) is 0 Å². The molecule has 19 heavy (non-hydrogen) atoms. The molecule has 0 bridgehead atoms. The molecule has 3 rings (SSSR count). The Morgan fingerprint density at radius 2 is 1.95 bits per heavy atom. The number of hydrogen-bond acceptors (Lipinski definition) is 3. The Morgan fingerprint density at radius 1 is 1.21 bits per heavy atom. The number of carbonyl (C=O) groups is 1. The van der Waals surface area contributed by atoms with Gasteiger partial charge in [0.25, 0.3) is 5.91 Å². The summed E-state index contributed by atoms with van der Waals surface area (Å²) in [5.41, 5.74) is 0.897. The summed E-state index contributed by atoms with van der Waals surface area (Å²) in [6, 6.07) is 2.12. The molecule has 3 nitrogen and oxygen atoms in total. The Kier molecular flexibility index (Phi) is 4.18. The topological polar surface area (TPSA) is 29.5 Å². The molecule has 3 heterocycles. The average molecular weight is 279 g/mol. The minimum Gasteiger partial charge on any atom is -0.381 e. The van der Waals surface area contributed by atoms with Crippen molar-refractivity contribution in [3.63, 3.8) is 0 Å². The molecule has 0 saturated carbocycles. The van der Waals surface area contributed by atoms with Crippen molar-refractivity contribution in [1.29, 1.82) is 0 Å². The summed E-state index contributed by atoms with van der Waals surface area (Å²) in [5.74, 6) is 0.830. The van der Waals surface area contributed by atoms with Crippen molar-refractivity contribution in [1.82, 2.24) is 4.90 Å². The Balaban J connectivity index is 1.67. The lowest BCUT2D eigenvalue weighted by Gasteiger charge is -2.26. The van der Waals surface area contributed by atoms with Gasteiger partial charge >= 0.3 is 0 Å². The highest BCUT2D eigenvalue weighted by Crippen LogP contribution is 2.32. The fourth-order valence-electron chi connectivity index (χ4n) is 2.94. The molecular weight excluding hydrogens is 258 g/mol. The lowest BCUT2D eigenvalue weighted by Crippen LogP contribution is -2.35. The maximum atomic E-state index is 12.4. The minimum atomic E-state index is 0.231. The van der Waals surface area contributed by atoms with Gasteiger partial charge in [0.15, 0.2) is 0 Å². The Hall–Kier alpha value is -0.870. The van der Waals surface area contributed by atoms with Crippen LogP contribution in [-0.4, -0.2) is 37.1 Å². The molecule has 1 aromatic heterocycles. The van der Waals surface area contributed by atoms with Crippen molar-refractivity contribution < 1.29 is 9.53 Å². The highest BCUT2D eigenvalue weighted by atomic mass is 32.1. The van der Waals surface area contributed by atoms with Gasteiger partial charge in [0.1, 0.15) is 0 Å². The fourth-order valence-corrected chi connectivity index (χ4v) is 4.00. The molecule has 0 spiro atoms. The zero-order valence-corrected chi connectivity index (χ0v) is 12.1. The van der Waals surface area contributed by atoms with E-state index < -0.39 is 0 Å². The van der Waals surface area contributed by atoms with Crippen LogP contribution >= 0.6 is 11.3 Å². The van der Waals surface area contributed by atoms with E-state index in [0.717, 1.165) is 57.6 Å². The molecule has 0 N–H and O–H groups in total. The molecule has 2 fully saturated rings. The maximum Gasteiger partial charge on any atom is 0.254 e. The third-order valence-electron chi connectivity index (χ3n) is 4.13. The van der Waals surface area contributed by atoms with Crippen molar-refractivity contribution >= 4 is 17.2 Å². The number of rotatable bonds is 2. The van der Waals surface area contributed by atoms with E-state index >= 15 is 0 Å². The summed E-state index contributed by atoms with van der Waals surface area (Å²) in [7, 11) is 0. The third-order valence-corrected chi connectivity index (χ3v) is 5.23. The zero-order chi connectivity index (χ0) is 13.1. The molecule has 1 amide bonds. The van der Waals surface area contributed by atoms with Crippen molar-refractivity contribution in [2.45, 2.75) is 38.0 Å². The maximum absolute atomic E-state index is 12.4. The lowest BCUT2D eigenvalue weighted by molar-refractivity contribution is 0.0724. The van der Waals surface area contributed by atoms with Gasteiger partial charge in [-0.1, -0.05) is 0 Å². The molecular formula is C15H21NO2S. The molecule has 0 radical (unpaired) electrons. The van der Waals surface area contributed by atoms with E-state index in [2.05, 4.69) is 6.07 Å². The van der Waals surface area contributed by atoms with Crippen LogP contribution in [0, 0.1) is 0 Å². The second-order valence-electron chi connectivity index (χ2n) is 5.48. The van der Waals surface area contributed by atoms with E-state index in [4.69, 9.17) is 4.74 Å². The van der Waals surface area contributed by atoms with Crippen LogP contribution in [0.5, 0.6) is 0 Å². The summed E-state index contributed by atoms with van der Waals surface area (Å²) >= 11 is 1.75. The Bertz CT molecular complexity index is 431. The van der Waals surface area contributed by atoms with Gasteiger partial charge in [0, 0.05) is 36.6 Å². The quantitative estimate of drug-likeness (QED) is 0.831. The van der Waals surface area contributed by atoms with Crippen LogP contribution in [0.3, 0.4) is 0 Å². The van der Waals surface area contributed by atoms with E-state index in [-0.39, 0.29) is 5.91 Å². The van der Waals surface area contributed by atoms with E-state index in [1.807, 2.05) is 10.3 Å². The molecule has 0 unspecified atom stereocenters. The monoisotopic (exact) mass is 279 g/mol. The summed E-state index contributed by atoms with van der Waals surface area (Å²) in [5, 5.41) is 2.04. The average Bonchev–Trinajstić information content (AvgIpc) is 2.98. The number of amides is 1. The predicted molar refractivity (Wildman–Crippen MR) is 76.9 cm³/mol. The zero-order valence-electron chi connectivity index (χ0n) is 11.3. The highest BCUT2D eigenvalue weighted by Gasteiger charge is 2.22. The largest absolute Gasteiger partial charge is 0.381 e. The summed E-state index contributed by atoms with van der Waals surface area (Å²) in [6.07, 6.45) is 5.77. The van der Waals surface area contributed by atoms with Crippen LogP contribution in [0.15, 0.2) is 11.4 Å². The third kappa shape index (κ3) is 3.00. The molecule has 2 aliphatic heterocycles. The smallest absolute Gasteiger partial charge is 0.254 e. The Labute approximate surface area is 118 Å². The normalized spacial score (nSPS) is 21.6. The first kappa shape index (κ1) is 13.1. The number of hydrogen-bond donors (Lipinski definition) is 0. The molecule has 104 valence electrons. The van der Waals surface area contributed by atoms with Gasteiger partial charge in [-0.25, -0.2) is 0 Å². The van der Waals surface area contributed by atoms with Gasteiger partial charge in [-0.15, -0.1) is 11.3 Å². The van der Waals surface area contributed by atoms with Crippen LogP contribution in [0.2, 0.25) is 0 Å². The molecule has 0 aromatic carbocycles. The summed E-state index contributed by atoms with van der Waals surface area (Å²) in [4.78, 5) is 15.8. The van der Waals surface area contributed by atoms with Gasteiger partial charge < -0.3 is 9.64 Å². The van der Waals surface area contributed by atoms with Crippen LogP contribution in [-0.2, 0) is 4.74 Å². The number of ether oxygens (including phenoxy) is 1. The van der Waals surface area contributed by atoms with Crippen LogP contribution in [0.25, 0.3) is 0 Å². The van der Waals surface area contributed by atoms with Crippen LogP contribution in [0.4, 0.5) is 0 Å². The van der Waals surface area contributed by atoms with Gasteiger partial charge in [-0.2, -0.15) is 0 Å². The standard InChI is InChI=1S/C15H21NO2S/c17-15(16-6-2-1-3-7-16)13-10-14(19-11-13)12-4-8-18-9-5-12/h10-12H,1-9H2. The van der Waals surface area contributed by atoms with Gasteiger partial charge in [-0.3, -0.25) is 4.79 Å². The molecule has 0 aliphatic carbocycles. The highest BCUT2D eigenvalue weighted by molar-refractivity contribution is 7.10. The van der Waals surface area contributed by atoms with Gasteiger partial charge in [-0.05, 0) is 44.1 Å².